The van der Waals surface area contributed by atoms with Crippen LogP contribution in [0.2, 0.25) is 0 Å². The predicted octanol–water partition coefficient (Wildman–Crippen LogP) is 1.65. The molecule has 44 heavy (non-hydrogen) atoms. The molecule has 1 amide bonds. The van der Waals surface area contributed by atoms with E-state index < -0.39 is 0 Å². The van der Waals surface area contributed by atoms with E-state index >= 15 is 0 Å². The lowest BCUT2D eigenvalue weighted by Crippen LogP contribution is -3.22. The molecule has 6 rings (SSSR count). The number of hydrogen-bond acceptors (Lipinski definition) is 8. The fourth-order valence-electron chi connectivity index (χ4n) is 7.38. The number of hydrogen-bond donors (Lipinski definition) is 3. The number of piperidine rings is 1. The number of nitrogens with one attached hydrogen (secondary N) is 3. The van der Waals surface area contributed by atoms with Gasteiger partial charge in [0.05, 0.1) is 50.5 Å². The molecule has 5 atom stereocenters. The summed E-state index contributed by atoms with van der Waals surface area (Å²) in [4.78, 5) is 22.9. The molecule has 2 aromatic carbocycles. The second-order valence-corrected chi connectivity index (χ2v) is 12.6. The van der Waals surface area contributed by atoms with Crippen LogP contribution in [-0.4, -0.2) is 105 Å². The third kappa shape index (κ3) is 6.28. The van der Waals surface area contributed by atoms with Crippen LogP contribution in [0.25, 0.3) is 10.8 Å². The van der Waals surface area contributed by atoms with Crippen molar-refractivity contribution in [2.45, 2.75) is 56.8 Å². The second kappa shape index (κ2) is 13.6. The maximum absolute atomic E-state index is 12.6. The van der Waals surface area contributed by atoms with Crippen molar-refractivity contribution in [2.75, 3.05) is 64.9 Å². The minimum atomic E-state index is -0.322. The molecule has 10 heteroatoms. The summed E-state index contributed by atoms with van der Waals surface area (Å²) in [6.07, 6.45) is 5.74. The normalized spacial score (nSPS) is 28.2. The van der Waals surface area contributed by atoms with Gasteiger partial charge in [-0.2, -0.15) is 5.26 Å². The van der Waals surface area contributed by atoms with Crippen LogP contribution in [0.5, 0.6) is 0 Å². The van der Waals surface area contributed by atoms with E-state index in [1.54, 1.807) is 0 Å². The first-order chi connectivity index (χ1) is 21.5. The van der Waals surface area contributed by atoms with E-state index in [4.69, 9.17) is 4.74 Å². The molecule has 234 valence electrons. The SMILES string of the molecule is C=CC(=O)N1CC[NH+](C2NC3=C(CN(c4cccc5ccccc45)CC3)N(C)C(OCC3CCCCN3C)N2)CC1CC#N. The van der Waals surface area contributed by atoms with Gasteiger partial charge in [-0.3, -0.25) is 9.69 Å². The van der Waals surface area contributed by atoms with Crippen molar-refractivity contribution in [2.24, 2.45) is 0 Å². The number of rotatable bonds is 7. The average molecular weight is 600 g/mol. The van der Waals surface area contributed by atoms with Gasteiger partial charge in [0.1, 0.15) is 6.54 Å². The molecule has 4 aliphatic heterocycles. The first-order valence-electron chi connectivity index (χ1n) is 16.1. The van der Waals surface area contributed by atoms with E-state index in [1.165, 1.54) is 51.7 Å². The van der Waals surface area contributed by atoms with Gasteiger partial charge < -0.3 is 29.7 Å². The van der Waals surface area contributed by atoms with Crippen LogP contribution < -0.4 is 20.4 Å². The predicted molar refractivity (Wildman–Crippen MR) is 172 cm³/mol. The molecule has 5 unspecified atom stereocenters. The van der Waals surface area contributed by atoms with Crippen molar-refractivity contribution in [3.63, 3.8) is 0 Å². The number of nitriles is 1. The fraction of sp³-hybridized carbons (Fsp3) is 0.529. The van der Waals surface area contributed by atoms with Gasteiger partial charge in [-0.1, -0.05) is 49.4 Å². The highest BCUT2D eigenvalue weighted by atomic mass is 16.5. The van der Waals surface area contributed by atoms with E-state index in [1.807, 2.05) is 4.90 Å². The summed E-state index contributed by atoms with van der Waals surface area (Å²) in [6.45, 7) is 9.16. The molecule has 0 aliphatic carbocycles. The summed E-state index contributed by atoms with van der Waals surface area (Å²) in [5, 5.41) is 19.8. The van der Waals surface area contributed by atoms with Gasteiger partial charge in [-0.05, 0) is 44.0 Å². The minimum Gasteiger partial charge on any atom is -0.365 e. The molecule has 2 aromatic rings. The topological polar surface area (TPSA) is 91.6 Å². The van der Waals surface area contributed by atoms with Gasteiger partial charge in [-0.15, -0.1) is 0 Å². The highest BCUT2D eigenvalue weighted by Gasteiger charge is 2.40. The number of fused-ring (bicyclic) bond motifs is 1. The zero-order chi connectivity index (χ0) is 30.6. The number of ether oxygens (including phenoxy) is 1. The number of anilines is 1. The number of benzene rings is 2. The maximum atomic E-state index is 12.6. The fourth-order valence-corrected chi connectivity index (χ4v) is 7.38. The molecule has 0 saturated carbocycles. The van der Waals surface area contributed by atoms with Crippen LogP contribution in [0, 0.1) is 11.3 Å². The molecule has 2 saturated heterocycles. The Hall–Kier alpha value is -3.62. The lowest BCUT2D eigenvalue weighted by atomic mass is 10.0. The summed E-state index contributed by atoms with van der Waals surface area (Å²) in [5.74, 6) is -0.102. The summed E-state index contributed by atoms with van der Waals surface area (Å²) >= 11 is 0. The Morgan fingerprint density at radius 1 is 1.14 bits per heavy atom. The molecule has 4 aliphatic rings. The van der Waals surface area contributed by atoms with E-state index in [2.05, 4.69) is 94.5 Å². The standard InChI is InChI=1S/C34H46N8O2/c1-4-32(43)42-21-20-41(22-26(42)15-17-35)33-36-29-16-19-40(30-14-9-11-25-10-5-6-13-28(25)30)23-31(29)39(3)34(37-33)44-24-27-12-7-8-18-38(27)2/h4-6,9-11,13-14,26-27,33-34,36-37H,1,7-8,12,15-16,18-24H2,2-3H3/p+1. The van der Waals surface area contributed by atoms with Crippen LogP contribution in [-0.2, 0) is 9.53 Å². The zero-order valence-corrected chi connectivity index (χ0v) is 26.2. The van der Waals surface area contributed by atoms with Crippen molar-refractivity contribution in [3.05, 3.63) is 66.5 Å². The van der Waals surface area contributed by atoms with Crippen LogP contribution in [0.15, 0.2) is 66.5 Å². The Kier molecular flexibility index (Phi) is 9.38. The van der Waals surface area contributed by atoms with Crippen LogP contribution in [0.4, 0.5) is 5.69 Å². The summed E-state index contributed by atoms with van der Waals surface area (Å²) in [5.41, 5.74) is 3.72. The zero-order valence-electron chi connectivity index (χ0n) is 26.2. The monoisotopic (exact) mass is 599 g/mol. The van der Waals surface area contributed by atoms with Gasteiger partial charge in [-0.25, -0.2) is 5.32 Å². The van der Waals surface area contributed by atoms with Crippen LogP contribution >= 0.6 is 0 Å². The quantitative estimate of drug-likeness (QED) is 0.414. The van der Waals surface area contributed by atoms with E-state index in [0.717, 1.165) is 39.0 Å². The van der Waals surface area contributed by atoms with Crippen molar-refractivity contribution >= 4 is 22.4 Å². The van der Waals surface area contributed by atoms with Crippen molar-refractivity contribution in [1.82, 2.24) is 25.3 Å². The van der Waals surface area contributed by atoms with Gasteiger partial charge >= 0.3 is 0 Å². The largest absolute Gasteiger partial charge is 0.365 e. The molecule has 2 fully saturated rings. The second-order valence-electron chi connectivity index (χ2n) is 12.6. The molecule has 0 aromatic heterocycles. The molecule has 0 radical (unpaired) electrons. The summed E-state index contributed by atoms with van der Waals surface area (Å²) in [6, 6.07) is 17.7. The highest BCUT2D eigenvalue weighted by Crippen LogP contribution is 2.32. The third-order valence-electron chi connectivity index (χ3n) is 10.0. The Bertz CT molecular complexity index is 1420. The first kappa shape index (κ1) is 30.4. The number of likely N-dealkylation sites (N-methyl/N-ethyl adjacent to an activating group) is 2. The minimum absolute atomic E-state index is 0.102. The maximum Gasteiger partial charge on any atom is 0.246 e. The van der Waals surface area contributed by atoms with Gasteiger partial charge in [0.2, 0.25) is 12.2 Å². The number of nitrogens with zero attached hydrogens (tertiary/aromatic N) is 5. The van der Waals surface area contributed by atoms with E-state index in [0.29, 0.717) is 32.2 Å². The van der Waals surface area contributed by atoms with Crippen molar-refractivity contribution in [3.8, 4) is 6.07 Å². The molecule has 0 spiro atoms. The lowest BCUT2D eigenvalue weighted by Gasteiger charge is -2.42. The molecule has 10 nitrogen and oxygen atoms in total. The number of amides is 1. The molecular formula is C34H47N8O2+. The third-order valence-corrected chi connectivity index (χ3v) is 10.0. The van der Waals surface area contributed by atoms with Gasteiger partial charge in [0.25, 0.3) is 0 Å². The summed E-state index contributed by atoms with van der Waals surface area (Å²) in [7, 11) is 4.35. The van der Waals surface area contributed by atoms with Crippen LogP contribution in [0.1, 0.15) is 32.1 Å². The van der Waals surface area contributed by atoms with Gasteiger partial charge in [0, 0.05) is 42.8 Å². The van der Waals surface area contributed by atoms with Gasteiger partial charge in [0.15, 0.2) is 6.35 Å². The lowest BCUT2D eigenvalue weighted by molar-refractivity contribution is -0.938. The Balaban J connectivity index is 1.27. The smallest absolute Gasteiger partial charge is 0.246 e. The number of quaternary nitrogens is 1. The average Bonchev–Trinajstić information content (AvgIpc) is 3.19. The number of likely N-dealkylation sites (tertiary alicyclic amines) is 1. The van der Waals surface area contributed by atoms with Crippen LogP contribution in [0.3, 0.4) is 0 Å². The molecule has 4 heterocycles. The highest BCUT2D eigenvalue weighted by molar-refractivity contribution is 5.94. The Morgan fingerprint density at radius 3 is 2.80 bits per heavy atom. The Morgan fingerprint density at radius 2 is 1.98 bits per heavy atom. The Labute approximate surface area is 261 Å². The molecular weight excluding hydrogens is 552 g/mol. The molecule has 0 bridgehead atoms. The molecule has 3 N–H and O–H groups in total. The first-order valence-corrected chi connectivity index (χ1v) is 16.1. The van der Waals surface area contributed by atoms with Crippen molar-refractivity contribution in [1.29, 1.82) is 5.26 Å². The number of carbonyl (C=O) groups excluding carboxylic acids is 1. The van der Waals surface area contributed by atoms with E-state index in [-0.39, 0.29) is 24.6 Å². The summed E-state index contributed by atoms with van der Waals surface area (Å²) < 4.78 is 6.75. The number of carbonyl (C=O) groups is 1. The van der Waals surface area contributed by atoms with E-state index in [9.17, 15) is 10.1 Å². The van der Waals surface area contributed by atoms with Crippen molar-refractivity contribution < 1.29 is 14.4 Å². The number of piperazine rings is 1.